The minimum Gasteiger partial charge on any atom is -0.392 e. The maximum atomic E-state index is 13.6. The number of likely N-dealkylation sites (N-methyl/N-ethyl adjacent to an activating group) is 1. The van der Waals surface area contributed by atoms with Gasteiger partial charge in [0, 0.05) is 30.8 Å². The van der Waals surface area contributed by atoms with Crippen molar-refractivity contribution in [1.29, 1.82) is 0 Å². The summed E-state index contributed by atoms with van der Waals surface area (Å²) < 4.78 is 42.0. The molecule has 252 valence electrons. The molecule has 1 fully saturated rings. The van der Waals surface area contributed by atoms with Crippen LogP contribution < -0.4 is 10.0 Å². The summed E-state index contributed by atoms with van der Waals surface area (Å²) in [5.74, 6) is -0.482. The molecule has 0 radical (unpaired) electrons. The van der Waals surface area contributed by atoms with Crippen LogP contribution in [-0.2, 0) is 37.3 Å². The number of benzene rings is 4. The van der Waals surface area contributed by atoms with Crippen LogP contribution in [0.3, 0.4) is 0 Å². The molecule has 4 aromatic rings. The molecule has 4 aromatic carbocycles. The van der Waals surface area contributed by atoms with Crippen molar-refractivity contribution < 1.29 is 27.8 Å². The Morgan fingerprint density at radius 3 is 2.25 bits per heavy atom. The van der Waals surface area contributed by atoms with Gasteiger partial charge in [-0.05, 0) is 61.3 Å². The van der Waals surface area contributed by atoms with Gasteiger partial charge in [0.2, 0.25) is 15.9 Å². The normalized spacial score (nSPS) is 18.7. The lowest BCUT2D eigenvalue weighted by molar-refractivity contribution is -0.252. The molecule has 48 heavy (non-hydrogen) atoms. The first-order chi connectivity index (χ1) is 23.1. The predicted molar refractivity (Wildman–Crippen MR) is 187 cm³/mol. The van der Waals surface area contributed by atoms with E-state index >= 15 is 0 Å². The largest absolute Gasteiger partial charge is 0.392 e. The number of aliphatic hydroxyl groups excluding tert-OH is 1. The van der Waals surface area contributed by atoms with Crippen LogP contribution in [0.2, 0.25) is 0 Å². The zero-order valence-corrected chi connectivity index (χ0v) is 28.1. The van der Waals surface area contributed by atoms with Crippen LogP contribution in [0.1, 0.15) is 46.6 Å². The van der Waals surface area contributed by atoms with Gasteiger partial charge in [-0.1, -0.05) is 90.5 Å². The van der Waals surface area contributed by atoms with Crippen molar-refractivity contribution in [2.24, 2.45) is 0 Å². The second kappa shape index (κ2) is 16.3. The van der Waals surface area contributed by atoms with E-state index in [1.54, 1.807) is 24.3 Å². The zero-order valence-electron chi connectivity index (χ0n) is 27.3. The van der Waals surface area contributed by atoms with Gasteiger partial charge in [-0.3, -0.25) is 4.79 Å². The minimum absolute atomic E-state index is 0.0268. The molecule has 5 rings (SSSR count). The molecule has 1 saturated heterocycles. The van der Waals surface area contributed by atoms with Crippen LogP contribution in [0.15, 0.2) is 121 Å². The van der Waals surface area contributed by atoms with Crippen molar-refractivity contribution in [3.05, 3.63) is 144 Å². The number of ether oxygens (including phenoxy) is 2. The fourth-order valence-corrected chi connectivity index (χ4v) is 6.83. The standard InChI is InChI=1S/C38H43N3O6S/c1-4-22-41(3)25-33-24-36(30-14-12-29(26-42)13-15-30)47-38(46-33)31-16-18-32(19-17-31)39-37(43)35(23-28-8-6-5-7-9-28)40-48(44,45)34-20-10-27(2)11-21-34/h4-21,33,35-36,38,40,42H,1,22-26H2,2-3H3,(H,39,43). The number of aliphatic hydroxyl groups is 1. The molecule has 1 aliphatic rings. The van der Waals surface area contributed by atoms with E-state index in [1.165, 1.54) is 12.1 Å². The average molecular weight is 670 g/mol. The highest BCUT2D eigenvalue weighted by Crippen LogP contribution is 2.38. The van der Waals surface area contributed by atoms with Gasteiger partial charge in [-0.2, -0.15) is 4.72 Å². The van der Waals surface area contributed by atoms with E-state index in [0.29, 0.717) is 18.7 Å². The predicted octanol–water partition coefficient (Wildman–Crippen LogP) is 5.68. The molecular weight excluding hydrogens is 627 g/mol. The van der Waals surface area contributed by atoms with Crippen molar-refractivity contribution in [3.63, 3.8) is 0 Å². The van der Waals surface area contributed by atoms with Crippen molar-refractivity contribution >= 4 is 21.6 Å². The summed E-state index contributed by atoms with van der Waals surface area (Å²) >= 11 is 0. The Labute approximate surface area is 283 Å². The van der Waals surface area contributed by atoms with Crippen LogP contribution in [0.5, 0.6) is 0 Å². The SMILES string of the molecule is C=CCN(C)CC1CC(c2ccc(CO)cc2)OC(c2ccc(NC(=O)C(Cc3ccccc3)NS(=O)(=O)c3ccc(C)cc3)cc2)O1. The summed E-state index contributed by atoms with van der Waals surface area (Å²) in [6.45, 7) is 7.10. The Morgan fingerprint density at radius 2 is 1.60 bits per heavy atom. The molecule has 3 N–H and O–H groups in total. The lowest BCUT2D eigenvalue weighted by Crippen LogP contribution is -2.45. The summed E-state index contributed by atoms with van der Waals surface area (Å²) in [6.07, 6.45) is 1.69. The van der Waals surface area contributed by atoms with Gasteiger partial charge in [0.05, 0.1) is 23.7 Å². The summed E-state index contributed by atoms with van der Waals surface area (Å²) in [6, 6.07) is 29.6. The van der Waals surface area contributed by atoms with Gasteiger partial charge in [0.15, 0.2) is 6.29 Å². The summed E-state index contributed by atoms with van der Waals surface area (Å²) in [4.78, 5) is 15.8. The Hall–Kier alpha value is -4.16. The third-order valence-electron chi connectivity index (χ3n) is 8.25. The molecular formula is C38H43N3O6S. The molecule has 1 heterocycles. The number of rotatable bonds is 14. The highest BCUT2D eigenvalue weighted by molar-refractivity contribution is 7.89. The van der Waals surface area contributed by atoms with Gasteiger partial charge in [0.1, 0.15) is 6.04 Å². The highest BCUT2D eigenvalue weighted by atomic mass is 32.2. The highest BCUT2D eigenvalue weighted by Gasteiger charge is 2.33. The van der Waals surface area contributed by atoms with Crippen LogP contribution >= 0.6 is 0 Å². The maximum absolute atomic E-state index is 13.6. The molecule has 0 saturated carbocycles. The van der Waals surface area contributed by atoms with Gasteiger partial charge >= 0.3 is 0 Å². The third-order valence-corrected chi connectivity index (χ3v) is 9.74. The minimum atomic E-state index is -3.97. The van der Waals surface area contributed by atoms with E-state index in [2.05, 4.69) is 21.5 Å². The summed E-state index contributed by atoms with van der Waals surface area (Å²) in [5.41, 5.74) is 4.87. The molecule has 10 heteroatoms. The van der Waals surface area contributed by atoms with Crippen LogP contribution in [0.25, 0.3) is 0 Å². The number of aryl methyl sites for hydroxylation is 1. The van der Waals surface area contributed by atoms with Crippen molar-refractivity contribution in [2.45, 2.75) is 55.8 Å². The summed E-state index contributed by atoms with van der Waals surface area (Å²) in [7, 11) is -1.95. The molecule has 4 unspecified atom stereocenters. The Bertz CT molecular complexity index is 1750. The molecule has 1 amide bonds. The fourth-order valence-electron chi connectivity index (χ4n) is 5.64. The number of hydrogen-bond donors (Lipinski definition) is 3. The number of nitrogens with zero attached hydrogens (tertiary/aromatic N) is 1. The topological polar surface area (TPSA) is 117 Å². The van der Waals surface area contributed by atoms with E-state index < -0.39 is 28.3 Å². The van der Waals surface area contributed by atoms with Gasteiger partial charge in [0.25, 0.3) is 0 Å². The monoisotopic (exact) mass is 669 g/mol. The Balaban J connectivity index is 1.32. The lowest BCUT2D eigenvalue weighted by atomic mass is 9.99. The van der Waals surface area contributed by atoms with E-state index in [4.69, 9.17) is 9.47 Å². The van der Waals surface area contributed by atoms with Crippen LogP contribution in [0.4, 0.5) is 5.69 Å². The molecule has 4 atom stereocenters. The molecule has 0 aromatic heterocycles. The molecule has 9 nitrogen and oxygen atoms in total. The van der Waals surface area contributed by atoms with Gasteiger partial charge < -0.3 is 24.8 Å². The van der Waals surface area contributed by atoms with E-state index in [0.717, 1.165) is 34.4 Å². The molecule has 0 aliphatic carbocycles. The molecule has 0 bridgehead atoms. The summed E-state index contributed by atoms with van der Waals surface area (Å²) in [5, 5.41) is 12.4. The fraction of sp³-hybridized carbons (Fsp3) is 0.289. The van der Waals surface area contributed by atoms with E-state index in [-0.39, 0.29) is 30.1 Å². The van der Waals surface area contributed by atoms with Crippen molar-refractivity contribution in [2.75, 3.05) is 25.5 Å². The molecule has 1 aliphatic heterocycles. The molecule has 0 spiro atoms. The van der Waals surface area contributed by atoms with E-state index in [9.17, 15) is 18.3 Å². The smallest absolute Gasteiger partial charge is 0.242 e. The average Bonchev–Trinajstić information content (AvgIpc) is 3.09. The first-order valence-corrected chi connectivity index (χ1v) is 17.5. The lowest BCUT2D eigenvalue weighted by Gasteiger charge is -2.37. The maximum Gasteiger partial charge on any atom is 0.242 e. The number of hydrogen-bond acceptors (Lipinski definition) is 7. The number of amides is 1. The van der Waals surface area contributed by atoms with Gasteiger partial charge in [-0.25, -0.2) is 8.42 Å². The number of sulfonamides is 1. The van der Waals surface area contributed by atoms with E-state index in [1.807, 2.05) is 86.8 Å². The van der Waals surface area contributed by atoms with Gasteiger partial charge in [-0.15, -0.1) is 6.58 Å². The second-order valence-electron chi connectivity index (χ2n) is 12.1. The Morgan fingerprint density at radius 1 is 0.938 bits per heavy atom. The third kappa shape index (κ3) is 9.47. The number of anilines is 1. The number of nitrogens with one attached hydrogen (secondary N) is 2. The number of carbonyl (C=O) groups excluding carboxylic acids is 1. The first kappa shape index (κ1) is 35.2. The second-order valence-corrected chi connectivity index (χ2v) is 13.9. The van der Waals surface area contributed by atoms with Crippen molar-refractivity contribution in [3.8, 4) is 0 Å². The zero-order chi connectivity index (χ0) is 34.1. The Kier molecular flexibility index (Phi) is 11.9. The quantitative estimate of drug-likeness (QED) is 0.148. The van der Waals surface area contributed by atoms with Crippen LogP contribution in [0, 0.1) is 6.92 Å². The number of carbonyl (C=O) groups is 1. The van der Waals surface area contributed by atoms with Crippen LogP contribution in [-0.4, -0.2) is 56.6 Å². The first-order valence-electron chi connectivity index (χ1n) is 16.0. The van der Waals surface area contributed by atoms with Crippen molar-refractivity contribution in [1.82, 2.24) is 9.62 Å².